The van der Waals surface area contributed by atoms with Gasteiger partial charge in [-0.2, -0.15) is 0 Å². The topological polar surface area (TPSA) is 318 Å². The number of aliphatic hydroxyl groups is 1. The molecule has 0 radical (unpaired) electrons. The first kappa shape index (κ1) is 62.5. The minimum atomic E-state index is -0.946. The highest BCUT2D eigenvalue weighted by Gasteiger charge is 2.58. The summed E-state index contributed by atoms with van der Waals surface area (Å²) in [5.74, 6) is -2.82. The molecular formula is C55H83N7O14. The van der Waals surface area contributed by atoms with Gasteiger partial charge in [-0.15, -0.1) is 0 Å². The summed E-state index contributed by atoms with van der Waals surface area (Å²) in [6, 6.07) is 4.88. The van der Waals surface area contributed by atoms with Crippen LogP contribution in [0.1, 0.15) is 125 Å². The normalized spacial score (nSPS) is 24.6. The van der Waals surface area contributed by atoms with Crippen LogP contribution in [0.25, 0.3) is 0 Å². The molecule has 0 bridgehead atoms. The molecule has 0 saturated carbocycles. The first-order chi connectivity index (χ1) is 36.1. The Hall–Kier alpha value is -6.00. The van der Waals surface area contributed by atoms with Crippen molar-refractivity contribution in [1.29, 1.82) is 0 Å². The Morgan fingerprint density at radius 2 is 1.67 bits per heavy atom. The van der Waals surface area contributed by atoms with Gasteiger partial charge in [0.05, 0.1) is 43.5 Å². The molecule has 0 aromatic heterocycles. The second-order valence-electron chi connectivity index (χ2n) is 20.7. The van der Waals surface area contributed by atoms with E-state index in [1.807, 2.05) is 39.8 Å². The third-order valence-corrected chi connectivity index (χ3v) is 13.7. The number of hydrogen-bond donors (Lipinski definition) is 8. The number of urea groups is 1. The van der Waals surface area contributed by atoms with Gasteiger partial charge in [0.15, 0.2) is 11.6 Å². The molecule has 21 heteroatoms. The number of carbonyl (C=O) groups excluding carboxylic acids is 8. The van der Waals surface area contributed by atoms with Crippen molar-refractivity contribution >= 4 is 53.1 Å². The fraction of sp³-hybridized carbons (Fsp3) is 0.636. The number of primary amides is 1. The zero-order valence-electron chi connectivity index (χ0n) is 45.3. The summed E-state index contributed by atoms with van der Waals surface area (Å²) >= 11 is 0. The summed E-state index contributed by atoms with van der Waals surface area (Å²) in [5, 5.41) is 24.8. The average molecular weight is 1070 g/mol. The molecule has 0 unspecified atom stereocenters. The summed E-state index contributed by atoms with van der Waals surface area (Å²) in [4.78, 5) is 100. The summed E-state index contributed by atoms with van der Waals surface area (Å²) in [6.07, 6.45) is 9.26. The van der Waals surface area contributed by atoms with Crippen molar-refractivity contribution in [2.24, 2.45) is 29.2 Å². The number of carbonyl (C=O) groups is 8. The second kappa shape index (κ2) is 31.3. The van der Waals surface area contributed by atoms with Gasteiger partial charge in [0, 0.05) is 56.8 Å². The third kappa shape index (κ3) is 21.9. The van der Waals surface area contributed by atoms with Crippen molar-refractivity contribution in [3.05, 3.63) is 65.8 Å². The average Bonchev–Trinajstić information content (AvgIpc) is 4.14. The number of allylic oxidation sites excluding steroid dienone is 2. The Morgan fingerprint density at radius 3 is 2.33 bits per heavy atom. The number of anilines is 1. The second-order valence-corrected chi connectivity index (χ2v) is 20.7. The van der Waals surface area contributed by atoms with Gasteiger partial charge < -0.3 is 66.8 Å². The predicted octanol–water partition coefficient (Wildman–Crippen LogP) is 4.48. The smallest absolute Gasteiger partial charge is 0.407 e. The predicted molar refractivity (Wildman–Crippen MR) is 283 cm³/mol. The van der Waals surface area contributed by atoms with Crippen molar-refractivity contribution in [2.75, 3.05) is 31.6 Å². The Morgan fingerprint density at radius 1 is 0.947 bits per heavy atom. The highest BCUT2D eigenvalue weighted by molar-refractivity contribution is 5.97. The summed E-state index contributed by atoms with van der Waals surface area (Å²) in [7, 11) is 0. The van der Waals surface area contributed by atoms with E-state index in [2.05, 4.69) is 33.5 Å². The van der Waals surface area contributed by atoms with E-state index in [1.165, 1.54) is 19.1 Å². The summed E-state index contributed by atoms with van der Waals surface area (Å²) in [6.45, 7) is 13.2. The molecule has 76 heavy (non-hydrogen) atoms. The summed E-state index contributed by atoms with van der Waals surface area (Å²) in [5.41, 5.74) is 11.9. The van der Waals surface area contributed by atoms with E-state index in [0.29, 0.717) is 56.5 Å². The van der Waals surface area contributed by atoms with Crippen molar-refractivity contribution < 1.29 is 67.1 Å². The van der Waals surface area contributed by atoms with Crippen LogP contribution in [0.5, 0.6) is 0 Å². The van der Waals surface area contributed by atoms with E-state index in [-0.39, 0.29) is 98.8 Å². The van der Waals surface area contributed by atoms with Crippen LogP contribution in [-0.2, 0) is 59.1 Å². The standard InChI is InChI=1S/C55H83N7O14/c1-33(2)50(62-48(66)13-9-8-10-24-56)45(65)27-40(12-11-25-58-53(57)70)52(69)60-41-19-17-39(18-20-41)31-72-54(71)59-30-42(64)28-43-29-55(32-73-55)51(68)47(76-43)22-15-34(3)14-21-46-35(4)26-44(37(6)75-46)61-49(67)23-16-36(5)74-38(7)63/h14-20,22-23,33,35-37,40,43-44,46-47,50-51,68H,8-13,21,24-32,56H2,1-7H3,(H,59,71)(H,60,69)(H,61,67)(H,62,66)(H3,57,58,70)/b22-15+,23-16-,34-14+/t35-,36-,37+,40+,43+,44+,46-,47+,50-,51+,55+/m0/s1. The first-order valence-corrected chi connectivity index (χ1v) is 26.6. The van der Waals surface area contributed by atoms with Crippen LogP contribution in [0.15, 0.2) is 60.2 Å². The van der Waals surface area contributed by atoms with E-state index >= 15 is 0 Å². The van der Waals surface area contributed by atoms with Crippen molar-refractivity contribution in [2.45, 2.75) is 180 Å². The van der Waals surface area contributed by atoms with Crippen molar-refractivity contribution in [3.63, 3.8) is 0 Å². The Kier molecular flexibility index (Phi) is 25.7. The van der Waals surface area contributed by atoms with Gasteiger partial charge in [0.25, 0.3) is 0 Å². The maximum Gasteiger partial charge on any atom is 0.407 e. The minimum Gasteiger partial charge on any atom is -0.459 e. The highest BCUT2D eigenvalue weighted by Crippen LogP contribution is 2.43. The Balaban J connectivity index is 1.22. The molecule has 10 N–H and O–H groups in total. The van der Waals surface area contributed by atoms with Crippen LogP contribution < -0.4 is 38.1 Å². The van der Waals surface area contributed by atoms with Crippen LogP contribution in [0.4, 0.5) is 15.3 Å². The fourth-order valence-electron chi connectivity index (χ4n) is 9.24. The molecule has 1 spiro atoms. The van der Waals surface area contributed by atoms with Gasteiger partial charge in [-0.3, -0.25) is 28.8 Å². The zero-order valence-corrected chi connectivity index (χ0v) is 45.3. The molecule has 3 aliphatic rings. The number of amides is 6. The van der Waals surface area contributed by atoms with E-state index in [0.717, 1.165) is 18.4 Å². The van der Waals surface area contributed by atoms with Gasteiger partial charge in [-0.05, 0) is 101 Å². The molecule has 21 nitrogen and oxygen atoms in total. The molecule has 1 aromatic rings. The van der Waals surface area contributed by atoms with Crippen molar-refractivity contribution in [3.8, 4) is 0 Å². The van der Waals surface area contributed by atoms with E-state index < -0.39 is 66.0 Å². The van der Waals surface area contributed by atoms with Gasteiger partial charge in [-0.25, -0.2) is 9.59 Å². The maximum absolute atomic E-state index is 13.6. The number of benzene rings is 1. The third-order valence-electron chi connectivity index (χ3n) is 13.7. The van der Waals surface area contributed by atoms with Crippen LogP contribution in [0.2, 0.25) is 0 Å². The fourth-order valence-corrected chi connectivity index (χ4v) is 9.24. The van der Waals surface area contributed by atoms with Gasteiger partial charge in [0.2, 0.25) is 17.7 Å². The van der Waals surface area contributed by atoms with Crippen molar-refractivity contribution in [1.82, 2.24) is 21.3 Å². The van der Waals surface area contributed by atoms with Crippen LogP contribution in [0.3, 0.4) is 0 Å². The van der Waals surface area contributed by atoms with Gasteiger partial charge in [0.1, 0.15) is 30.5 Å². The molecule has 6 amide bonds. The number of Topliss-reactive ketones (excluding diaryl/α,β-unsaturated/α-hetero) is 2. The quantitative estimate of drug-likeness (QED) is 0.0173. The summed E-state index contributed by atoms with van der Waals surface area (Å²) < 4.78 is 28.6. The molecular weight excluding hydrogens is 983 g/mol. The molecule has 3 saturated heterocycles. The lowest BCUT2D eigenvalue weighted by Crippen LogP contribution is -2.50. The largest absolute Gasteiger partial charge is 0.459 e. The van der Waals surface area contributed by atoms with Gasteiger partial charge >= 0.3 is 18.1 Å². The number of alkyl carbamates (subject to hydrolysis) is 1. The number of nitrogens with two attached hydrogens (primary N) is 2. The van der Waals surface area contributed by atoms with Crippen LogP contribution in [-0.4, -0.2) is 133 Å². The number of nitrogens with one attached hydrogen (secondary N) is 5. The number of rotatable bonds is 30. The SMILES string of the molecule is CC(=O)O[C@@H](C)/C=C\C(=O)N[C@@H]1C[C@H](C)[C@H](C/C=C(C)/C=C/[C@H]2O[C@H](CC(=O)CNC(=O)OCc3ccc(NC(=O)[C@H](CCCNC(N)=O)CC(=O)[C@@H](NC(=O)CCCCCN)C(C)C)cc3)C[C@@]3(CO3)[C@@H]2O)O[C@@H]1C. The minimum absolute atomic E-state index is 0.0329. The Labute approximate surface area is 446 Å². The Bertz CT molecular complexity index is 2210. The lowest BCUT2D eigenvalue weighted by Gasteiger charge is -2.39. The van der Waals surface area contributed by atoms with Crippen LogP contribution in [0, 0.1) is 17.8 Å². The number of epoxide rings is 1. The molecule has 3 fully saturated rings. The zero-order chi connectivity index (χ0) is 56.0. The number of ketones is 2. The molecule has 11 atom stereocenters. The number of unbranched alkanes of at least 4 members (excludes halogenated alkanes) is 2. The van der Waals surface area contributed by atoms with Crippen LogP contribution >= 0.6 is 0 Å². The molecule has 3 aliphatic heterocycles. The number of ether oxygens (including phenoxy) is 5. The number of esters is 1. The number of hydrogen-bond acceptors (Lipinski definition) is 15. The molecule has 1 aromatic carbocycles. The molecule has 3 heterocycles. The number of aliphatic hydroxyl groups excluding tert-OH is 1. The van der Waals surface area contributed by atoms with Gasteiger partial charge in [-0.1, -0.05) is 63.1 Å². The lowest BCUT2D eigenvalue weighted by molar-refractivity contribution is -0.144. The molecule has 4 rings (SSSR count). The lowest BCUT2D eigenvalue weighted by atomic mass is 9.87. The highest BCUT2D eigenvalue weighted by atomic mass is 16.6. The molecule has 0 aliphatic carbocycles. The monoisotopic (exact) mass is 1070 g/mol. The first-order valence-electron chi connectivity index (χ1n) is 26.6. The maximum atomic E-state index is 13.6. The van der Waals surface area contributed by atoms with E-state index in [1.54, 1.807) is 37.3 Å². The van der Waals surface area contributed by atoms with E-state index in [4.69, 9.17) is 35.2 Å². The molecule has 422 valence electrons. The van der Waals surface area contributed by atoms with E-state index in [9.17, 15) is 43.5 Å².